The molecule has 2 aliphatic rings. The highest BCUT2D eigenvalue weighted by molar-refractivity contribution is 7.11. The molecule has 0 radical (unpaired) electrons. The van der Waals surface area contributed by atoms with Gasteiger partial charge in [-0.1, -0.05) is 6.07 Å². The van der Waals surface area contributed by atoms with Crippen LogP contribution in [0.4, 0.5) is 8.78 Å². The minimum atomic E-state index is -2.50. The number of alkyl halides is 2. The lowest BCUT2D eigenvalue weighted by Gasteiger charge is -2.32. The minimum absolute atomic E-state index is 0.0958. The molecule has 0 spiro atoms. The van der Waals surface area contributed by atoms with Gasteiger partial charge in [-0.3, -0.25) is 9.69 Å². The molecular formula is C24H32F2N4O2S. The van der Waals surface area contributed by atoms with Gasteiger partial charge in [-0.25, -0.2) is 18.7 Å². The van der Waals surface area contributed by atoms with Crippen LogP contribution in [0.2, 0.25) is 0 Å². The maximum absolute atomic E-state index is 12.4. The molecule has 1 fully saturated rings. The number of ether oxygens (including phenoxy) is 1. The van der Waals surface area contributed by atoms with Gasteiger partial charge in [0, 0.05) is 36.3 Å². The fourth-order valence-electron chi connectivity index (χ4n) is 4.75. The summed E-state index contributed by atoms with van der Waals surface area (Å²) < 4.78 is 29.9. The molecule has 3 heterocycles. The van der Waals surface area contributed by atoms with Gasteiger partial charge in [0.15, 0.2) is 6.61 Å². The third kappa shape index (κ3) is 7.17. The summed E-state index contributed by atoms with van der Waals surface area (Å²) in [6, 6.07) is 3.92. The second-order valence-corrected chi connectivity index (χ2v) is 10.4. The largest absolute Gasteiger partial charge is 0.472 e. The Kier molecular flexibility index (Phi) is 8.25. The molecule has 0 bridgehead atoms. The molecule has 1 saturated carbocycles. The summed E-state index contributed by atoms with van der Waals surface area (Å²) in [4.78, 5) is 24.4. The van der Waals surface area contributed by atoms with Crippen LogP contribution in [0, 0.1) is 12.8 Å². The van der Waals surface area contributed by atoms with Crippen molar-refractivity contribution in [2.45, 2.75) is 70.9 Å². The van der Waals surface area contributed by atoms with E-state index >= 15 is 0 Å². The Labute approximate surface area is 197 Å². The molecule has 1 aliphatic carbocycles. The van der Waals surface area contributed by atoms with E-state index in [9.17, 15) is 13.6 Å². The molecule has 1 N–H and O–H groups in total. The summed E-state index contributed by atoms with van der Waals surface area (Å²) in [7, 11) is 0. The van der Waals surface area contributed by atoms with Gasteiger partial charge in [0.2, 0.25) is 11.8 Å². The normalized spacial score (nSPS) is 21.1. The summed E-state index contributed by atoms with van der Waals surface area (Å²) in [5.74, 6) is 1.05. The van der Waals surface area contributed by atoms with E-state index in [0.717, 1.165) is 73.7 Å². The Morgan fingerprint density at radius 3 is 2.85 bits per heavy atom. The molecule has 4 rings (SSSR count). The number of hydrogen-bond donors (Lipinski definition) is 1. The van der Waals surface area contributed by atoms with E-state index in [0.29, 0.717) is 12.3 Å². The van der Waals surface area contributed by atoms with Crippen molar-refractivity contribution in [3.63, 3.8) is 0 Å². The second-order valence-electron chi connectivity index (χ2n) is 9.08. The Balaban J connectivity index is 1.17. The number of fused-ring (bicyclic) bond motifs is 1. The van der Waals surface area contributed by atoms with Gasteiger partial charge >= 0.3 is 0 Å². The lowest BCUT2D eigenvalue weighted by Crippen LogP contribution is -2.39. The number of aryl methyl sites for hydroxylation is 1. The fourth-order valence-corrected chi connectivity index (χ4v) is 5.54. The molecule has 180 valence electrons. The third-order valence-electron chi connectivity index (χ3n) is 6.54. The fraction of sp³-hybridized carbons (Fsp3) is 0.625. The second kappa shape index (κ2) is 11.3. The van der Waals surface area contributed by atoms with Gasteiger partial charge in [0.1, 0.15) is 0 Å². The van der Waals surface area contributed by atoms with Gasteiger partial charge in [0.25, 0.3) is 6.43 Å². The number of carbonyl (C=O) groups excluding carboxylic acids is 1. The first-order valence-corrected chi connectivity index (χ1v) is 12.6. The zero-order chi connectivity index (χ0) is 23.2. The van der Waals surface area contributed by atoms with Gasteiger partial charge in [-0.05, 0) is 63.5 Å². The monoisotopic (exact) mass is 478 g/mol. The summed E-state index contributed by atoms with van der Waals surface area (Å²) in [6.07, 6.45) is 6.13. The number of pyridine rings is 1. The maximum atomic E-state index is 12.4. The van der Waals surface area contributed by atoms with Gasteiger partial charge in [-0.15, -0.1) is 11.3 Å². The molecule has 33 heavy (non-hydrogen) atoms. The predicted molar refractivity (Wildman–Crippen MR) is 124 cm³/mol. The molecule has 0 atom stereocenters. The summed E-state index contributed by atoms with van der Waals surface area (Å²) >= 11 is 1.58. The molecule has 0 unspecified atom stereocenters. The number of halogens is 2. The quantitative estimate of drug-likeness (QED) is 0.586. The molecule has 0 saturated heterocycles. The average Bonchev–Trinajstić information content (AvgIpc) is 3.21. The van der Waals surface area contributed by atoms with E-state index in [2.05, 4.69) is 20.2 Å². The lowest BCUT2D eigenvalue weighted by molar-refractivity contribution is -0.121. The number of nitrogens with zero attached hydrogens (tertiary/aromatic N) is 3. The van der Waals surface area contributed by atoms with Crippen LogP contribution in [-0.2, 0) is 24.2 Å². The highest BCUT2D eigenvalue weighted by Gasteiger charge is 2.24. The van der Waals surface area contributed by atoms with Crippen LogP contribution in [-0.4, -0.2) is 52.9 Å². The van der Waals surface area contributed by atoms with Gasteiger partial charge in [0.05, 0.1) is 17.1 Å². The zero-order valence-corrected chi connectivity index (χ0v) is 19.9. The van der Waals surface area contributed by atoms with Crippen molar-refractivity contribution in [1.29, 1.82) is 0 Å². The molecule has 1 amide bonds. The molecule has 2 aromatic heterocycles. The van der Waals surface area contributed by atoms with E-state index < -0.39 is 13.0 Å². The van der Waals surface area contributed by atoms with Crippen molar-refractivity contribution < 1.29 is 18.3 Å². The summed E-state index contributed by atoms with van der Waals surface area (Å²) in [5, 5.41) is 4.19. The van der Waals surface area contributed by atoms with Gasteiger partial charge in [-0.2, -0.15) is 0 Å². The highest BCUT2D eigenvalue weighted by Crippen LogP contribution is 2.28. The average molecular weight is 479 g/mol. The van der Waals surface area contributed by atoms with Crippen molar-refractivity contribution in [2.75, 3.05) is 19.7 Å². The lowest BCUT2D eigenvalue weighted by atomic mass is 9.84. The number of amides is 1. The highest BCUT2D eigenvalue weighted by atomic mass is 32.1. The molecule has 9 heteroatoms. The van der Waals surface area contributed by atoms with E-state index in [1.165, 1.54) is 5.56 Å². The van der Waals surface area contributed by atoms with Crippen LogP contribution >= 0.6 is 11.3 Å². The summed E-state index contributed by atoms with van der Waals surface area (Å²) in [5.41, 5.74) is 2.12. The number of aromatic nitrogens is 2. The first kappa shape index (κ1) is 24.0. The maximum Gasteiger partial charge on any atom is 0.272 e. The number of hydrogen-bond acceptors (Lipinski definition) is 6. The van der Waals surface area contributed by atoms with Crippen molar-refractivity contribution in [2.24, 2.45) is 5.92 Å². The Hall–Kier alpha value is -2.13. The molecular weight excluding hydrogens is 446 g/mol. The summed E-state index contributed by atoms with van der Waals surface area (Å²) in [6.45, 7) is 4.08. The number of nitrogens with one attached hydrogen (secondary N) is 1. The van der Waals surface area contributed by atoms with Crippen LogP contribution in [0.1, 0.15) is 53.2 Å². The first-order chi connectivity index (χ1) is 15.9. The van der Waals surface area contributed by atoms with E-state index in [1.807, 2.05) is 13.0 Å². The number of thiazole rings is 1. The molecule has 2 aromatic rings. The zero-order valence-electron chi connectivity index (χ0n) is 19.1. The topological polar surface area (TPSA) is 67.4 Å². The van der Waals surface area contributed by atoms with Crippen molar-refractivity contribution in [3.8, 4) is 5.88 Å². The molecule has 0 aromatic carbocycles. The molecule has 1 aliphatic heterocycles. The first-order valence-electron chi connectivity index (χ1n) is 11.8. The SMILES string of the molecule is Cc1ncc(CC(=O)N[C@H]2CC[C@H](CCN3CCc4ccc(OCC(F)F)nc4C3)CC2)s1. The van der Waals surface area contributed by atoms with Crippen LogP contribution in [0.25, 0.3) is 0 Å². The number of carbonyl (C=O) groups is 1. The number of rotatable bonds is 9. The van der Waals surface area contributed by atoms with Crippen LogP contribution in [0.5, 0.6) is 5.88 Å². The van der Waals surface area contributed by atoms with Crippen LogP contribution in [0.3, 0.4) is 0 Å². The van der Waals surface area contributed by atoms with E-state index in [4.69, 9.17) is 4.74 Å². The Morgan fingerprint density at radius 2 is 2.12 bits per heavy atom. The standard InChI is InChI=1S/C24H32F2N4O2S/c1-16-27-13-20(33-16)12-23(31)28-19-5-2-17(3-6-19)8-10-30-11-9-18-4-7-24(29-21(18)14-30)32-15-22(25)26/h4,7,13,17,19,22H,2-3,5-6,8-12,14-15H2,1H3,(H,28,31)/t17-,19-. The minimum Gasteiger partial charge on any atom is -0.472 e. The van der Waals surface area contributed by atoms with E-state index in [-0.39, 0.29) is 17.8 Å². The Bertz CT molecular complexity index is 931. The van der Waals surface area contributed by atoms with Crippen molar-refractivity contribution in [1.82, 2.24) is 20.2 Å². The smallest absolute Gasteiger partial charge is 0.272 e. The van der Waals surface area contributed by atoms with Crippen molar-refractivity contribution >= 4 is 17.2 Å². The van der Waals surface area contributed by atoms with Crippen LogP contribution < -0.4 is 10.1 Å². The predicted octanol–water partition coefficient (Wildman–Crippen LogP) is 4.16. The van der Waals surface area contributed by atoms with Crippen LogP contribution in [0.15, 0.2) is 18.3 Å². The van der Waals surface area contributed by atoms with Gasteiger partial charge < -0.3 is 10.1 Å². The van der Waals surface area contributed by atoms with Crippen molar-refractivity contribution in [3.05, 3.63) is 39.5 Å². The van der Waals surface area contributed by atoms with E-state index in [1.54, 1.807) is 23.6 Å². The Morgan fingerprint density at radius 1 is 1.30 bits per heavy atom. The molecule has 6 nitrogen and oxygen atoms in total. The third-order valence-corrected chi connectivity index (χ3v) is 7.45.